The van der Waals surface area contributed by atoms with Crippen LogP contribution in [0.2, 0.25) is 0 Å². The van der Waals surface area contributed by atoms with Crippen molar-refractivity contribution in [1.29, 1.82) is 0 Å². The van der Waals surface area contributed by atoms with Crippen LogP contribution >= 0.6 is 0 Å². The highest BCUT2D eigenvalue weighted by Gasteiger charge is 2.32. The molecule has 1 fully saturated rings. The zero-order valence-electron chi connectivity index (χ0n) is 10.2. The lowest BCUT2D eigenvalue weighted by atomic mass is 10.1. The van der Waals surface area contributed by atoms with Crippen LogP contribution in [0.5, 0.6) is 0 Å². The largest absolute Gasteiger partial charge is 0.327 e. The van der Waals surface area contributed by atoms with Crippen LogP contribution in [-0.4, -0.2) is 20.7 Å². The van der Waals surface area contributed by atoms with Crippen LogP contribution in [0.25, 0.3) is 0 Å². The summed E-state index contributed by atoms with van der Waals surface area (Å²) in [5.41, 5.74) is 7.35. The Morgan fingerprint density at radius 1 is 1.65 bits per heavy atom. The summed E-state index contributed by atoms with van der Waals surface area (Å²) >= 11 is 0. The summed E-state index contributed by atoms with van der Waals surface area (Å²) in [4.78, 5) is 10.7. The summed E-state index contributed by atoms with van der Waals surface area (Å²) in [6.07, 6.45) is 2.85. The van der Waals surface area contributed by atoms with Gasteiger partial charge in [-0.3, -0.25) is 14.8 Å². The van der Waals surface area contributed by atoms with Gasteiger partial charge in [0.05, 0.1) is 4.92 Å². The Balaban J connectivity index is 2.31. The molecular weight excluding hydrogens is 220 g/mol. The zero-order valence-corrected chi connectivity index (χ0v) is 10.2. The van der Waals surface area contributed by atoms with Gasteiger partial charge in [-0.05, 0) is 32.6 Å². The maximum absolute atomic E-state index is 11.1. The fourth-order valence-corrected chi connectivity index (χ4v) is 2.24. The molecule has 1 atom stereocenters. The average molecular weight is 238 g/mol. The summed E-state index contributed by atoms with van der Waals surface area (Å²) in [6, 6.07) is 0.0232. The monoisotopic (exact) mass is 238 g/mol. The Kier molecular flexibility index (Phi) is 3.15. The molecule has 1 heterocycles. The molecular formula is C11H18N4O2. The minimum atomic E-state index is -0.344. The Labute approximate surface area is 99.9 Å². The normalized spacial score (nSPS) is 17.1. The average Bonchev–Trinajstić information content (AvgIpc) is 3.04. The van der Waals surface area contributed by atoms with Crippen LogP contribution in [0.15, 0.2) is 0 Å². The second-order valence-electron chi connectivity index (χ2n) is 4.66. The first kappa shape index (κ1) is 12.0. The smallest absolute Gasteiger partial charge is 0.313 e. The van der Waals surface area contributed by atoms with E-state index in [-0.39, 0.29) is 16.7 Å². The van der Waals surface area contributed by atoms with Crippen molar-refractivity contribution in [3.05, 3.63) is 21.5 Å². The number of aryl methyl sites for hydroxylation is 2. The molecule has 0 saturated heterocycles. The van der Waals surface area contributed by atoms with Gasteiger partial charge < -0.3 is 5.73 Å². The van der Waals surface area contributed by atoms with Gasteiger partial charge in [0.15, 0.2) is 0 Å². The molecule has 17 heavy (non-hydrogen) atoms. The fraction of sp³-hybridized carbons (Fsp3) is 0.727. The van der Waals surface area contributed by atoms with Crippen LogP contribution in [0, 0.1) is 23.0 Å². The molecule has 1 aromatic rings. The highest BCUT2D eigenvalue weighted by Crippen LogP contribution is 2.34. The van der Waals surface area contributed by atoms with E-state index in [0.29, 0.717) is 30.3 Å². The van der Waals surface area contributed by atoms with E-state index < -0.39 is 0 Å². The SMILES string of the molecule is CCn1nc(C)c([N+](=O)[O-])c1CC(N)C1CC1. The number of nitrogens with zero attached hydrogens (tertiary/aromatic N) is 3. The van der Waals surface area contributed by atoms with Gasteiger partial charge in [-0.2, -0.15) is 5.10 Å². The number of rotatable bonds is 5. The molecule has 1 aliphatic carbocycles. The third kappa shape index (κ3) is 2.31. The van der Waals surface area contributed by atoms with Crippen LogP contribution in [0.4, 0.5) is 5.69 Å². The van der Waals surface area contributed by atoms with Crippen LogP contribution < -0.4 is 5.73 Å². The van der Waals surface area contributed by atoms with Gasteiger partial charge in [-0.25, -0.2) is 0 Å². The van der Waals surface area contributed by atoms with Gasteiger partial charge >= 0.3 is 5.69 Å². The Morgan fingerprint density at radius 2 is 2.29 bits per heavy atom. The maximum atomic E-state index is 11.1. The molecule has 6 nitrogen and oxygen atoms in total. The van der Waals surface area contributed by atoms with Gasteiger partial charge in [0, 0.05) is 19.0 Å². The Morgan fingerprint density at radius 3 is 2.76 bits per heavy atom. The summed E-state index contributed by atoms with van der Waals surface area (Å²) < 4.78 is 1.70. The minimum absolute atomic E-state index is 0.0232. The topological polar surface area (TPSA) is 87.0 Å². The zero-order chi connectivity index (χ0) is 12.6. The van der Waals surface area contributed by atoms with Crippen molar-refractivity contribution in [2.75, 3.05) is 0 Å². The van der Waals surface area contributed by atoms with Gasteiger partial charge in [0.1, 0.15) is 11.4 Å². The minimum Gasteiger partial charge on any atom is -0.327 e. The first-order valence-electron chi connectivity index (χ1n) is 6.00. The molecule has 0 bridgehead atoms. The second-order valence-corrected chi connectivity index (χ2v) is 4.66. The van der Waals surface area contributed by atoms with Crippen molar-refractivity contribution >= 4 is 5.69 Å². The van der Waals surface area contributed by atoms with Crippen molar-refractivity contribution in [2.24, 2.45) is 11.7 Å². The van der Waals surface area contributed by atoms with E-state index in [2.05, 4.69) is 5.10 Å². The van der Waals surface area contributed by atoms with Crippen LogP contribution in [-0.2, 0) is 13.0 Å². The third-order valence-electron chi connectivity index (χ3n) is 3.34. The second kappa shape index (κ2) is 4.44. The molecule has 2 rings (SSSR count). The van der Waals surface area contributed by atoms with Gasteiger partial charge in [0.25, 0.3) is 0 Å². The molecule has 1 saturated carbocycles. The molecule has 1 aromatic heterocycles. The van der Waals surface area contributed by atoms with E-state index in [1.165, 1.54) is 0 Å². The molecule has 2 N–H and O–H groups in total. The molecule has 0 aliphatic heterocycles. The number of aromatic nitrogens is 2. The molecule has 0 spiro atoms. The lowest BCUT2D eigenvalue weighted by Crippen LogP contribution is -2.26. The number of nitro groups is 1. The molecule has 94 valence electrons. The van der Waals surface area contributed by atoms with Crippen LogP contribution in [0.1, 0.15) is 31.2 Å². The van der Waals surface area contributed by atoms with Crippen molar-refractivity contribution in [3.63, 3.8) is 0 Å². The third-order valence-corrected chi connectivity index (χ3v) is 3.34. The van der Waals surface area contributed by atoms with E-state index in [9.17, 15) is 10.1 Å². The van der Waals surface area contributed by atoms with Crippen molar-refractivity contribution in [3.8, 4) is 0 Å². The molecule has 1 aliphatic rings. The van der Waals surface area contributed by atoms with Crippen molar-refractivity contribution in [2.45, 2.75) is 45.7 Å². The highest BCUT2D eigenvalue weighted by molar-refractivity contribution is 5.41. The van der Waals surface area contributed by atoms with E-state index in [0.717, 1.165) is 12.8 Å². The summed E-state index contributed by atoms with van der Waals surface area (Å²) in [5.74, 6) is 0.537. The van der Waals surface area contributed by atoms with Gasteiger partial charge in [-0.15, -0.1) is 0 Å². The summed E-state index contributed by atoms with van der Waals surface area (Å²) in [6.45, 7) is 4.25. The lowest BCUT2D eigenvalue weighted by Gasteiger charge is -2.10. The predicted molar refractivity (Wildman–Crippen MR) is 63.7 cm³/mol. The number of hydrogen-bond acceptors (Lipinski definition) is 4. The van der Waals surface area contributed by atoms with E-state index in [1.54, 1.807) is 11.6 Å². The van der Waals surface area contributed by atoms with E-state index in [4.69, 9.17) is 5.73 Å². The molecule has 1 unspecified atom stereocenters. The van der Waals surface area contributed by atoms with Crippen molar-refractivity contribution in [1.82, 2.24) is 9.78 Å². The van der Waals surface area contributed by atoms with E-state index in [1.807, 2.05) is 6.92 Å². The first-order chi connectivity index (χ1) is 8.04. The maximum Gasteiger partial charge on any atom is 0.313 e. The lowest BCUT2D eigenvalue weighted by molar-refractivity contribution is -0.386. The van der Waals surface area contributed by atoms with Crippen molar-refractivity contribution < 1.29 is 4.92 Å². The Hall–Kier alpha value is -1.43. The summed E-state index contributed by atoms with van der Waals surface area (Å²) in [5, 5.41) is 15.3. The molecule has 0 aromatic carbocycles. The van der Waals surface area contributed by atoms with Crippen LogP contribution in [0.3, 0.4) is 0 Å². The fourth-order valence-electron chi connectivity index (χ4n) is 2.24. The van der Waals surface area contributed by atoms with E-state index >= 15 is 0 Å². The quantitative estimate of drug-likeness (QED) is 0.620. The number of nitrogens with two attached hydrogens (primary N) is 1. The van der Waals surface area contributed by atoms with Gasteiger partial charge in [0.2, 0.25) is 0 Å². The standard InChI is InChI=1S/C11H18N4O2/c1-3-14-10(6-9(12)8-4-5-8)11(15(16)17)7(2)13-14/h8-9H,3-6,12H2,1-2H3. The predicted octanol–water partition coefficient (Wildman–Crippen LogP) is 1.40. The first-order valence-corrected chi connectivity index (χ1v) is 6.00. The molecule has 0 radical (unpaired) electrons. The molecule has 6 heteroatoms. The van der Waals surface area contributed by atoms with Gasteiger partial charge in [-0.1, -0.05) is 0 Å². The molecule has 0 amide bonds. The highest BCUT2D eigenvalue weighted by atomic mass is 16.6. The number of hydrogen-bond donors (Lipinski definition) is 1. The summed E-state index contributed by atoms with van der Waals surface area (Å²) in [7, 11) is 0. The Bertz CT molecular complexity index is 437.